The second-order valence-corrected chi connectivity index (χ2v) is 3.43. The number of hydrogen-bond acceptors (Lipinski definition) is 2. The van der Waals surface area contributed by atoms with E-state index in [9.17, 15) is 0 Å². The van der Waals surface area contributed by atoms with Crippen LogP contribution in [0.15, 0.2) is 0 Å². The summed E-state index contributed by atoms with van der Waals surface area (Å²) in [5.41, 5.74) is 0. The molecule has 0 aliphatic heterocycles. The Morgan fingerprint density at radius 2 is 1.83 bits per heavy atom. The third-order valence-corrected chi connectivity index (χ3v) is 2.55. The van der Waals surface area contributed by atoms with Crippen molar-refractivity contribution in [3.8, 4) is 6.07 Å². The molecule has 0 spiro atoms. The van der Waals surface area contributed by atoms with E-state index in [2.05, 4.69) is 24.8 Å². The van der Waals surface area contributed by atoms with Crippen molar-refractivity contribution >= 4 is 0 Å². The van der Waals surface area contributed by atoms with Gasteiger partial charge in [-0.3, -0.25) is 4.90 Å². The number of rotatable bonds is 5. The molecule has 0 N–H and O–H groups in total. The van der Waals surface area contributed by atoms with Crippen LogP contribution in [0.3, 0.4) is 0 Å². The fourth-order valence-corrected chi connectivity index (χ4v) is 1.21. The highest BCUT2D eigenvalue weighted by Gasteiger charge is 2.11. The van der Waals surface area contributed by atoms with Gasteiger partial charge in [0.2, 0.25) is 0 Å². The first-order valence-electron chi connectivity index (χ1n) is 4.75. The van der Waals surface area contributed by atoms with E-state index in [1.807, 2.05) is 14.0 Å². The molecule has 0 saturated heterocycles. The molecule has 0 aromatic heterocycles. The average Bonchev–Trinajstić information content (AvgIpc) is 2.12. The van der Waals surface area contributed by atoms with Crippen LogP contribution in [0.25, 0.3) is 0 Å². The summed E-state index contributed by atoms with van der Waals surface area (Å²) in [7, 11) is 2.02. The van der Waals surface area contributed by atoms with Gasteiger partial charge in [-0.25, -0.2) is 0 Å². The van der Waals surface area contributed by atoms with Crippen molar-refractivity contribution in [2.45, 2.75) is 39.7 Å². The van der Waals surface area contributed by atoms with Crippen LogP contribution in [-0.2, 0) is 0 Å². The van der Waals surface area contributed by atoms with Crippen LogP contribution in [0.1, 0.15) is 33.6 Å². The zero-order chi connectivity index (χ0) is 9.56. The molecular weight excluding hydrogens is 148 g/mol. The summed E-state index contributed by atoms with van der Waals surface area (Å²) in [4.78, 5) is 2.12. The van der Waals surface area contributed by atoms with E-state index in [0.29, 0.717) is 0 Å². The van der Waals surface area contributed by atoms with Gasteiger partial charge in [0.05, 0.1) is 12.1 Å². The molecule has 0 rings (SSSR count). The highest BCUT2D eigenvalue weighted by Crippen LogP contribution is 2.10. The minimum atomic E-state index is 0.0469. The summed E-state index contributed by atoms with van der Waals surface area (Å²) in [5, 5.41) is 8.67. The van der Waals surface area contributed by atoms with Crippen LogP contribution < -0.4 is 0 Å². The molecule has 0 radical (unpaired) electrons. The molecule has 0 aromatic rings. The lowest BCUT2D eigenvalue weighted by Crippen LogP contribution is -2.32. The number of hydrogen-bond donors (Lipinski definition) is 0. The molecule has 1 atom stereocenters. The average molecular weight is 168 g/mol. The zero-order valence-electron chi connectivity index (χ0n) is 8.67. The fraction of sp³-hybridized carbons (Fsp3) is 0.900. The summed E-state index contributed by atoms with van der Waals surface area (Å²) in [5.74, 6) is 0.741. The van der Waals surface area contributed by atoms with Gasteiger partial charge in [-0.05, 0) is 19.9 Å². The van der Waals surface area contributed by atoms with Gasteiger partial charge in [0.15, 0.2) is 0 Å². The van der Waals surface area contributed by atoms with Gasteiger partial charge in [-0.15, -0.1) is 0 Å². The Morgan fingerprint density at radius 1 is 1.33 bits per heavy atom. The highest BCUT2D eigenvalue weighted by molar-refractivity contribution is 4.86. The van der Waals surface area contributed by atoms with Crippen LogP contribution in [0, 0.1) is 17.2 Å². The number of nitrogens with zero attached hydrogens (tertiary/aromatic N) is 2. The van der Waals surface area contributed by atoms with Crippen LogP contribution in [-0.4, -0.2) is 24.5 Å². The summed E-state index contributed by atoms with van der Waals surface area (Å²) in [6, 6.07) is 2.29. The molecule has 2 heteroatoms. The third-order valence-electron chi connectivity index (χ3n) is 2.55. The van der Waals surface area contributed by atoms with Crippen molar-refractivity contribution in [3.63, 3.8) is 0 Å². The number of nitriles is 1. The summed E-state index contributed by atoms with van der Waals surface area (Å²) in [6.45, 7) is 7.40. The molecular formula is C10H20N2. The van der Waals surface area contributed by atoms with E-state index >= 15 is 0 Å². The summed E-state index contributed by atoms with van der Waals surface area (Å²) >= 11 is 0. The predicted octanol–water partition coefficient (Wildman–Crippen LogP) is 2.27. The van der Waals surface area contributed by atoms with Crippen molar-refractivity contribution < 1.29 is 0 Å². The predicted molar refractivity (Wildman–Crippen MR) is 51.8 cm³/mol. The van der Waals surface area contributed by atoms with Crippen molar-refractivity contribution in [1.29, 1.82) is 5.26 Å². The van der Waals surface area contributed by atoms with Crippen LogP contribution >= 0.6 is 0 Å². The van der Waals surface area contributed by atoms with E-state index in [4.69, 9.17) is 5.26 Å². The molecule has 70 valence electrons. The molecule has 0 amide bonds. The Morgan fingerprint density at radius 3 is 2.17 bits per heavy atom. The standard InChI is InChI=1S/C10H20N2/c1-5-10(6-2)8-12(4)9(3)7-11/h9-10H,5-6,8H2,1-4H3. The summed E-state index contributed by atoms with van der Waals surface area (Å²) < 4.78 is 0. The van der Waals surface area contributed by atoms with Gasteiger partial charge in [0, 0.05) is 6.54 Å². The maximum Gasteiger partial charge on any atom is 0.0946 e. The second-order valence-electron chi connectivity index (χ2n) is 3.43. The smallest absolute Gasteiger partial charge is 0.0946 e. The molecule has 12 heavy (non-hydrogen) atoms. The van der Waals surface area contributed by atoms with E-state index in [-0.39, 0.29) is 6.04 Å². The van der Waals surface area contributed by atoms with Gasteiger partial charge < -0.3 is 0 Å². The van der Waals surface area contributed by atoms with E-state index in [1.165, 1.54) is 12.8 Å². The molecule has 0 heterocycles. The van der Waals surface area contributed by atoms with Gasteiger partial charge in [0.1, 0.15) is 0 Å². The van der Waals surface area contributed by atoms with Crippen LogP contribution in [0.2, 0.25) is 0 Å². The van der Waals surface area contributed by atoms with Crippen LogP contribution in [0.4, 0.5) is 0 Å². The van der Waals surface area contributed by atoms with Crippen molar-refractivity contribution in [2.75, 3.05) is 13.6 Å². The molecule has 0 saturated carbocycles. The van der Waals surface area contributed by atoms with E-state index in [1.54, 1.807) is 0 Å². The molecule has 2 nitrogen and oxygen atoms in total. The van der Waals surface area contributed by atoms with Gasteiger partial charge in [0.25, 0.3) is 0 Å². The first-order valence-corrected chi connectivity index (χ1v) is 4.75. The maximum absolute atomic E-state index is 8.67. The molecule has 0 fully saturated rings. The quantitative estimate of drug-likeness (QED) is 0.629. The van der Waals surface area contributed by atoms with Crippen molar-refractivity contribution in [2.24, 2.45) is 5.92 Å². The van der Waals surface area contributed by atoms with Gasteiger partial charge in [-0.2, -0.15) is 5.26 Å². The Kier molecular flexibility index (Phi) is 5.74. The Labute approximate surface area is 76.2 Å². The molecule has 0 aliphatic carbocycles. The largest absolute Gasteiger partial charge is 0.291 e. The third kappa shape index (κ3) is 3.73. The monoisotopic (exact) mass is 168 g/mol. The normalized spacial score (nSPS) is 13.4. The fourth-order valence-electron chi connectivity index (χ4n) is 1.21. The molecule has 0 bridgehead atoms. The first-order chi connectivity index (χ1) is 5.65. The maximum atomic E-state index is 8.67. The Balaban J connectivity index is 3.82. The SMILES string of the molecule is CCC(CC)CN(C)C(C)C#N. The van der Waals surface area contributed by atoms with Crippen molar-refractivity contribution in [3.05, 3.63) is 0 Å². The lowest BCUT2D eigenvalue weighted by atomic mass is 10.0. The molecule has 0 aliphatic rings. The Bertz CT molecular complexity index is 144. The highest BCUT2D eigenvalue weighted by atomic mass is 15.1. The van der Waals surface area contributed by atoms with Crippen molar-refractivity contribution in [1.82, 2.24) is 4.90 Å². The lowest BCUT2D eigenvalue weighted by molar-refractivity contribution is 0.244. The minimum Gasteiger partial charge on any atom is -0.291 e. The van der Waals surface area contributed by atoms with E-state index in [0.717, 1.165) is 12.5 Å². The minimum absolute atomic E-state index is 0.0469. The van der Waals surface area contributed by atoms with Crippen LogP contribution in [0.5, 0.6) is 0 Å². The summed E-state index contributed by atoms with van der Waals surface area (Å²) in [6.07, 6.45) is 2.41. The second kappa shape index (κ2) is 6.02. The van der Waals surface area contributed by atoms with Gasteiger partial charge in [-0.1, -0.05) is 26.7 Å². The first kappa shape index (κ1) is 11.4. The zero-order valence-corrected chi connectivity index (χ0v) is 8.67. The molecule has 0 aromatic carbocycles. The topological polar surface area (TPSA) is 27.0 Å². The lowest BCUT2D eigenvalue weighted by Gasteiger charge is -2.23. The van der Waals surface area contributed by atoms with E-state index < -0.39 is 0 Å². The molecule has 1 unspecified atom stereocenters. The Hall–Kier alpha value is -0.550. The van der Waals surface area contributed by atoms with Gasteiger partial charge >= 0.3 is 0 Å².